The first kappa shape index (κ1) is 23.1. The second-order valence-corrected chi connectivity index (χ2v) is 13.3. The molecule has 0 aliphatic heterocycles. The van der Waals surface area contributed by atoms with Gasteiger partial charge in [-0.2, -0.15) is 0 Å². The number of hydrogen-bond donors (Lipinski definition) is 0. The van der Waals surface area contributed by atoms with Crippen molar-refractivity contribution in [3.05, 3.63) is 11.1 Å². The molecular formula is C27H43IO2. The molecule has 0 saturated heterocycles. The van der Waals surface area contributed by atoms with Crippen LogP contribution in [0.1, 0.15) is 99.8 Å². The molecule has 0 bridgehead atoms. The van der Waals surface area contributed by atoms with E-state index in [0.717, 1.165) is 18.3 Å². The van der Waals surface area contributed by atoms with E-state index < -0.39 is 0 Å². The Labute approximate surface area is 198 Å². The Morgan fingerprint density at radius 2 is 1.73 bits per heavy atom. The van der Waals surface area contributed by atoms with Gasteiger partial charge in [-0.25, -0.2) is 0 Å². The van der Waals surface area contributed by atoms with Crippen molar-refractivity contribution in [1.29, 1.82) is 0 Å². The van der Waals surface area contributed by atoms with Gasteiger partial charge in [-0.15, -0.1) is 0 Å². The van der Waals surface area contributed by atoms with Gasteiger partial charge < -0.3 is 4.74 Å². The molecule has 3 heteroatoms. The van der Waals surface area contributed by atoms with Crippen LogP contribution in [0, 0.1) is 39.4 Å². The molecule has 0 aromatic heterocycles. The molecular weight excluding hydrogens is 483 g/mol. The molecule has 0 aromatic carbocycles. The van der Waals surface area contributed by atoms with E-state index in [1.807, 2.05) is 11.1 Å². The van der Waals surface area contributed by atoms with Crippen molar-refractivity contribution in [2.75, 3.05) is 4.43 Å². The molecule has 4 rings (SSSR count). The van der Waals surface area contributed by atoms with Crippen LogP contribution in [0.2, 0.25) is 0 Å². The number of halogens is 1. The van der Waals surface area contributed by atoms with Crippen LogP contribution in [-0.4, -0.2) is 16.5 Å². The Hall–Kier alpha value is -0.0600. The highest BCUT2D eigenvalue weighted by Gasteiger charge is 2.63. The summed E-state index contributed by atoms with van der Waals surface area (Å²) in [5.41, 5.74) is 4.87. The zero-order valence-electron chi connectivity index (χ0n) is 20.4. The van der Waals surface area contributed by atoms with Gasteiger partial charge in [0.25, 0.3) is 0 Å². The van der Waals surface area contributed by atoms with Gasteiger partial charge in [0.1, 0.15) is 6.10 Å². The van der Waals surface area contributed by atoms with Crippen molar-refractivity contribution in [3.8, 4) is 0 Å². The average molecular weight is 527 g/mol. The van der Waals surface area contributed by atoms with Crippen LogP contribution in [0.3, 0.4) is 0 Å². The highest BCUT2D eigenvalue weighted by molar-refractivity contribution is 14.1. The lowest BCUT2D eigenvalue weighted by molar-refractivity contribution is -0.167. The second-order valence-electron chi connectivity index (χ2n) is 12.5. The minimum absolute atomic E-state index is 0.0484. The minimum atomic E-state index is -0.116. The Morgan fingerprint density at radius 1 is 1.03 bits per heavy atom. The van der Waals surface area contributed by atoms with Gasteiger partial charge in [0.05, 0.1) is 0 Å². The topological polar surface area (TPSA) is 26.3 Å². The first-order valence-electron chi connectivity index (χ1n) is 12.4. The monoisotopic (exact) mass is 526 g/mol. The number of alkyl halides is 1. The third-order valence-corrected chi connectivity index (χ3v) is 12.4. The van der Waals surface area contributed by atoms with E-state index in [1.165, 1.54) is 49.4 Å². The average Bonchev–Trinajstić information content (AvgIpc) is 2.95. The molecule has 7 unspecified atom stereocenters. The molecule has 170 valence electrons. The molecule has 0 heterocycles. The number of carbonyl (C=O) groups excluding carboxylic acids is 1. The fraction of sp³-hybridized carbons (Fsp3) is 0.889. The van der Waals surface area contributed by atoms with E-state index in [1.54, 1.807) is 6.92 Å². The second kappa shape index (κ2) is 7.48. The normalized spacial score (nSPS) is 45.9. The summed E-state index contributed by atoms with van der Waals surface area (Å²) in [5.74, 6) is 2.19. The smallest absolute Gasteiger partial charge is 0.302 e. The highest BCUT2D eigenvalue weighted by atomic mass is 127. The summed E-state index contributed by atoms with van der Waals surface area (Å²) in [6.07, 6.45) is 10.2. The maximum Gasteiger partial charge on any atom is 0.302 e. The number of rotatable bonds is 3. The van der Waals surface area contributed by atoms with Gasteiger partial charge in [-0.05, 0) is 85.4 Å². The van der Waals surface area contributed by atoms with Crippen LogP contribution in [0.4, 0.5) is 0 Å². The summed E-state index contributed by atoms with van der Waals surface area (Å²) in [6, 6.07) is 0. The Bertz CT molecular complexity index is 754. The molecule has 4 aliphatic carbocycles. The number of carbonyl (C=O) groups is 1. The van der Waals surface area contributed by atoms with Crippen molar-refractivity contribution >= 4 is 28.6 Å². The van der Waals surface area contributed by atoms with Crippen molar-refractivity contribution in [2.24, 2.45) is 39.4 Å². The molecule has 0 spiro atoms. The van der Waals surface area contributed by atoms with E-state index in [-0.39, 0.29) is 22.9 Å². The van der Waals surface area contributed by atoms with Crippen LogP contribution in [0.15, 0.2) is 11.1 Å². The van der Waals surface area contributed by atoms with E-state index in [0.29, 0.717) is 16.7 Å². The number of esters is 1. The van der Waals surface area contributed by atoms with Crippen molar-refractivity contribution in [1.82, 2.24) is 0 Å². The third-order valence-electron chi connectivity index (χ3n) is 11.0. The fourth-order valence-corrected chi connectivity index (χ4v) is 9.75. The molecule has 2 nitrogen and oxygen atoms in total. The van der Waals surface area contributed by atoms with E-state index in [2.05, 4.69) is 64.1 Å². The van der Waals surface area contributed by atoms with Gasteiger partial charge >= 0.3 is 5.97 Å². The summed E-state index contributed by atoms with van der Waals surface area (Å²) in [6.45, 7) is 16.7. The quantitative estimate of drug-likeness (QED) is 0.163. The van der Waals surface area contributed by atoms with E-state index >= 15 is 0 Å². The highest BCUT2D eigenvalue weighted by Crippen LogP contribution is 2.72. The predicted molar refractivity (Wildman–Crippen MR) is 133 cm³/mol. The van der Waals surface area contributed by atoms with Crippen molar-refractivity contribution < 1.29 is 9.53 Å². The number of fused-ring (bicyclic) bond motifs is 4. The molecule has 30 heavy (non-hydrogen) atoms. The zero-order valence-corrected chi connectivity index (χ0v) is 22.5. The molecule has 7 atom stereocenters. The van der Waals surface area contributed by atoms with Crippen LogP contribution >= 0.6 is 22.6 Å². The predicted octanol–water partition coefficient (Wildman–Crippen LogP) is 7.74. The Morgan fingerprint density at radius 3 is 2.37 bits per heavy atom. The summed E-state index contributed by atoms with van der Waals surface area (Å²) in [5, 5.41) is 0. The lowest BCUT2D eigenvalue weighted by Crippen LogP contribution is -2.55. The van der Waals surface area contributed by atoms with Gasteiger partial charge in [-0.3, -0.25) is 4.79 Å². The van der Waals surface area contributed by atoms with Gasteiger partial charge in [0.2, 0.25) is 0 Å². The zero-order chi connectivity index (χ0) is 22.1. The third kappa shape index (κ3) is 3.02. The molecule has 0 radical (unpaired) electrons. The summed E-state index contributed by atoms with van der Waals surface area (Å²) in [7, 11) is 0. The van der Waals surface area contributed by atoms with Crippen LogP contribution < -0.4 is 0 Å². The van der Waals surface area contributed by atoms with Crippen LogP contribution in [0.5, 0.6) is 0 Å². The SMILES string of the molecule is CC(=O)OC1CCC2(C)C3=C(CCC2C1(C)C)C1(C)CCC(C(C)CI)C1(C)CC3. The maximum absolute atomic E-state index is 11.7. The largest absolute Gasteiger partial charge is 0.462 e. The lowest BCUT2D eigenvalue weighted by Gasteiger charge is -2.62. The van der Waals surface area contributed by atoms with Crippen molar-refractivity contribution in [3.63, 3.8) is 0 Å². The summed E-state index contributed by atoms with van der Waals surface area (Å²) in [4.78, 5) is 11.7. The summed E-state index contributed by atoms with van der Waals surface area (Å²) >= 11 is 2.61. The number of ether oxygens (including phenoxy) is 1. The summed E-state index contributed by atoms with van der Waals surface area (Å²) < 4.78 is 7.12. The van der Waals surface area contributed by atoms with E-state index in [4.69, 9.17) is 4.74 Å². The van der Waals surface area contributed by atoms with Gasteiger partial charge in [-0.1, -0.05) is 75.3 Å². The van der Waals surface area contributed by atoms with Crippen LogP contribution in [-0.2, 0) is 9.53 Å². The first-order valence-corrected chi connectivity index (χ1v) is 13.9. The van der Waals surface area contributed by atoms with E-state index in [9.17, 15) is 4.79 Å². The molecule has 2 saturated carbocycles. The molecule has 0 aromatic rings. The standard InChI is InChI=1S/C27H43IO2/c1-17(16-28)19-10-14-27(7)21-8-9-22-24(3,4)23(30-18(2)29)12-13-25(22,5)20(21)11-15-26(19,27)6/h17,19,22-23H,8-16H2,1-7H3. The van der Waals surface area contributed by atoms with Crippen molar-refractivity contribution in [2.45, 2.75) is 106 Å². The lowest BCUT2D eigenvalue weighted by atomic mass is 9.43. The first-order chi connectivity index (χ1) is 13.9. The van der Waals surface area contributed by atoms with Gasteiger partial charge in [0, 0.05) is 16.8 Å². The Kier molecular flexibility index (Phi) is 5.77. The molecule has 2 fully saturated rings. The fourth-order valence-electron chi connectivity index (χ4n) is 9.13. The van der Waals surface area contributed by atoms with Gasteiger partial charge in [0.15, 0.2) is 0 Å². The number of hydrogen-bond acceptors (Lipinski definition) is 2. The maximum atomic E-state index is 11.7. The molecule has 0 N–H and O–H groups in total. The Balaban J connectivity index is 1.72. The number of allylic oxidation sites excluding steroid dienone is 2. The minimum Gasteiger partial charge on any atom is -0.462 e. The molecule has 0 amide bonds. The van der Waals surface area contributed by atoms with Crippen LogP contribution in [0.25, 0.3) is 0 Å². The molecule has 4 aliphatic rings.